The molecule has 0 aliphatic heterocycles. The molecule has 12 heavy (non-hydrogen) atoms. The van der Waals surface area contributed by atoms with Crippen molar-refractivity contribution in [1.82, 2.24) is 4.98 Å². The zero-order chi connectivity index (χ0) is 9.14. The predicted octanol–water partition coefficient (Wildman–Crippen LogP) is 1.49. The highest BCUT2D eigenvalue weighted by Gasteiger charge is 2.03. The van der Waals surface area contributed by atoms with E-state index in [0.29, 0.717) is 5.84 Å². The van der Waals surface area contributed by atoms with Crippen LogP contribution in [0.5, 0.6) is 0 Å². The maximum Gasteiger partial charge on any atom is 0.144 e. The number of amidine groups is 1. The summed E-state index contributed by atoms with van der Waals surface area (Å²) in [6.45, 7) is 1.95. The van der Waals surface area contributed by atoms with Crippen LogP contribution in [-0.4, -0.2) is 17.9 Å². The molecule has 0 fully saturated rings. The molecule has 0 bridgehead atoms. The Labute approximate surface area is 79.8 Å². The minimum absolute atomic E-state index is 0.472. The van der Waals surface area contributed by atoms with Gasteiger partial charge in [-0.05, 0) is 34.5 Å². The summed E-state index contributed by atoms with van der Waals surface area (Å²) in [7, 11) is 1.65. The fourth-order valence-corrected chi connectivity index (χ4v) is 1.36. The van der Waals surface area contributed by atoms with Crippen LogP contribution in [0.2, 0.25) is 0 Å². The Morgan fingerprint density at radius 2 is 2.33 bits per heavy atom. The Bertz CT molecular complexity index is 320. The molecule has 0 aromatic carbocycles. The normalized spacial score (nSPS) is 11.8. The maximum atomic E-state index is 5.62. The van der Waals surface area contributed by atoms with E-state index >= 15 is 0 Å². The van der Waals surface area contributed by atoms with Gasteiger partial charge < -0.3 is 5.73 Å². The number of aryl methyl sites for hydroxylation is 1. The van der Waals surface area contributed by atoms with E-state index in [1.165, 1.54) is 0 Å². The van der Waals surface area contributed by atoms with E-state index in [1.54, 1.807) is 13.2 Å². The number of rotatable bonds is 1. The second kappa shape index (κ2) is 3.67. The first-order valence-electron chi connectivity index (χ1n) is 3.50. The molecule has 1 heterocycles. The van der Waals surface area contributed by atoms with Crippen LogP contribution in [0.1, 0.15) is 11.3 Å². The smallest absolute Gasteiger partial charge is 0.144 e. The Morgan fingerprint density at radius 1 is 1.67 bits per heavy atom. The molecule has 1 rings (SSSR count). The van der Waals surface area contributed by atoms with Crippen molar-refractivity contribution in [3.8, 4) is 0 Å². The van der Waals surface area contributed by atoms with E-state index in [4.69, 9.17) is 5.73 Å². The van der Waals surface area contributed by atoms with Gasteiger partial charge in [0.2, 0.25) is 0 Å². The molecule has 0 spiro atoms. The van der Waals surface area contributed by atoms with Crippen LogP contribution >= 0.6 is 15.9 Å². The summed E-state index contributed by atoms with van der Waals surface area (Å²) in [5.74, 6) is 0.472. The molecular weight excluding hydrogens is 218 g/mol. The molecule has 0 atom stereocenters. The van der Waals surface area contributed by atoms with E-state index in [9.17, 15) is 0 Å². The third kappa shape index (κ3) is 1.82. The molecule has 4 heteroatoms. The zero-order valence-corrected chi connectivity index (χ0v) is 8.59. The van der Waals surface area contributed by atoms with Gasteiger partial charge >= 0.3 is 0 Å². The van der Waals surface area contributed by atoms with Crippen molar-refractivity contribution in [3.63, 3.8) is 0 Å². The van der Waals surface area contributed by atoms with Gasteiger partial charge in [0.1, 0.15) is 11.5 Å². The zero-order valence-electron chi connectivity index (χ0n) is 7.00. The number of nitrogens with two attached hydrogens (primary N) is 1. The number of halogens is 1. The lowest BCUT2D eigenvalue weighted by Crippen LogP contribution is -2.16. The second-order valence-corrected chi connectivity index (χ2v) is 3.34. The summed E-state index contributed by atoms with van der Waals surface area (Å²) >= 11 is 3.32. The van der Waals surface area contributed by atoms with Crippen molar-refractivity contribution < 1.29 is 0 Å². The average Bonchev–Trinajstić information content (AvgIpc) is 2.03. The Balaban J connectivity index is 3.18. The van der Waals surface area contributed by atoms with Crippen molar-refractivity contribution >= 4 is 21.8 Å². The van der Waals surface area contributed by atoms with Crippen LogP contribution in [0.25, 0.3) is 0 Å². The van der Waals surface area contributed by atoms with Crippen LogP contribution in [0, 0.1) is 6.92 Å². The average molecular weight is 228 g/mol. The predicted molar refractivity (Wildman–Crippen MR) is 53.3 cm³/mol. The SMILES string of the molecule is CN=C(N)c1ncc(Br)cc1C. The maximum absolute atomic E-state index is 5.62. The van der Waals surface area contributed by atoms with E-state index < -0.39 is 0 Å². The minimum Gasteiger partial charge on any atom is -0.382 e. The van der Waals surface area contributed by atoms with Gasteiger partial charge in [0.15, 0.2) is 0 Å². The van der Waals surface area contributed by atoms with E-state index in [0.717, 1.165) is 15.7 Å². The molecule has 0 aliphatic rings. The number of nitrogens with zero attached hydrogens (tertiary/aromatic N) is 2. The fraction of sp³-hybridized carbons (Fsp3) is 0.250. The van der Waals surface area contributed by atoms with Crippen LogP contribution in [0.3, 0.4) is 0 Å². The third-order valence-electron chi connectivity index (χ3n) is 1.53. The van der Waals surface area contributed by atoms with Crippen molar-refractivity contribution in [2.75, 3.05) is 7.05 Å². The van der Waals surface area contributed by atoms with Crippen LogP contribution < -0.4 is 5.73 Å². The first-order valence-corrected chi connectivity index (χ1v) is 4.29. The van der Waals surface area contributed by atoms with E-state index in [-0.39, 0.29) is 0 Å². The lowest BCUT2D eigenvalue weighted by Gasteiger charge is -2.02. The van der Waals surface area contributed by atoms with E-state index in [2.05, 4.69) is 25.9 Å². The summed E-state index contributed by atoms with van der Waals surface area (Å²) in [6, 6.07) is 1.96. The van der Waals surface area contributed by atoms with Crippen LogP contribution in [0.4, 0.5) is 0 Å². The van der Waals surface area contributed by atoms with E-state index in [1.807, 2.05) is 13.0 Å². The lowest BCUT2D eigenvalue weighted by atomic mass is 10.2. The summed E-state index contributed by atoms with van der Waals surface area (Å²) in [4.78, 5) is 8.01. The van der Waals surface area contributed by atoms with Gasteiger partial charge in [-0.15, -0.1) is 0 Å². The Hall–Kier alpha value is -0.900. The monoisotopic (exact) mass is 227 g/mol. The number of hydrogen-bond donors (Lipinski definition) is 1. The number of aromatic nitrogens is 1. The highest BCUT2D eigenvalue weighted by atomic mass is 79.9. The number of pyridine rings is 1. The van der Waals surface area contributed by atoms with Gasteiger partial charge in [0.05, 0.1) is 0 Å². The fourth-order valence-electron chi connectivity index (χ4n) is 0.915. The van der Waals surface area contributed by atoms with Gasteiger partial charge in [-0.2, -0.15) is 0 Å². The first-order chi connectivity index (χ1) is 5.65. The summed E-state index contributed by atoms with van der Waals surface area (Å²) < 4.78 is 0.952. The van der Waals surface area contributed by atoms with Gasteiger partial charge in [-0.25, -0.2) is 0 Å². The molecule has 0 aliphatic carbocycles. The Kier molecular flexibility index (Phi) is 2.81. The second-order valence-electron chi connectivity index (χ2n) is 2.43. The lowest BCUT2D eigenvalue weighted by molar-refractivity contribution is 1.20. The van der Waals surface area contributed by atoms with Gasteiger partial charge in [-0.1, -0.05) is 0 Å². The minimum atomic E-state index is 0.472. The molecule has 2 N–H and O–H groups in total. The molecule has 64 valence electrons. The number of aliphatic imine (C=N–C) groups is 1. The highest BCUT2D eigenvalue weighted by molar-refractivity contribution is 9.10. The summed E-state index contributed by atoms with van der Waals surface area (Å²) in [6.07, 6.45) is 1.71. The topological polar surface area (TPSA) is 51.3 Å². The summed E-state index contributed by atoms with van der Waals surface area (Å²) in [5.41, 5.74) is 7.39. The Morgan fingerprint density at radius 3 is 2.83 bits per heavy atom. The molecule has 0 radical (unpaired) electrons. The van der Waals surface area contributed by atoms with Crippen LogP contribution in [0.15, 0.2) is 21.7 Å². The molecule has 0 unspecified atom stereocenters. The standard InChI is InChI=1S/C8H10BrN3/c1-5-3-6(9)4-12-7(5)8(10)11-2/h3-4H,1-2H3,(H2,10,11). The molecule has 1 aromatic heterocycles. The number of hydrogen-bond acceptors (Lipinski definition) is 2. The van der Waals surface area contributed by atoms with Gasteiger partial charge in [-0.3, -0.25) is 9.98 Å². The molecular formula is C8H10BrN3. The van der Waals surface area contributed by atoms with Crippen molar-refractivity contribution in [2.45, 2.75) is 6.92 Å². The first kappa shape index (κ1) is 9.19. The van der Waals surface area contributed by atoms with Crippen LogP contribution in [-0.2, 0) is 0 Å². The molecule has 0 saturated carbocycles. The van der Waals surface area contributed by atoms with Crippen molar-refractivity contribution in [1.29, 1.82) is 0 Å². The van der Waals surface area contributed by atoms with Crippen molar-refractivity contribution in [2.24, 2.45) is 10.7 Å². The van der Waals surface area contributed by atoms with Crippen molar-refractivity contribution in [3.05, 3.63) is 28.0 Å². The summed E-state index contributed by atoms with van der Waals surface area (Å²) in [5, 5.41) is 0. The van der Waals surface area contributed by atoms with Gasteiger partial charge in [0.25, 0.3) is 0 Å². The quantitative estimate of drug-likeness (QED) is 0.584. The third-order valence-corrected chi connectivity index (χ3v) is 1.96. The largest absolute Gasteiger partial charge is 0.382 e. The van der Waals surface area contributed by atoms with Gasteiger partial charge in [0, 0.05) is 17.7 Å². The molecule has 0 saturated heterocycles. The highest BCUT2D eigenvalue weighted by Crippen LogP contribution is 2.12. The molecule has 1 aromatic rings. The molecule has 3 nitrogen and oxygen atoms in total. The molecule has 0 amide bonds.